The molecular formula is C19H14N2O6. The van der Waals surface area contributed by atoms with Gasteiger partial charge in [0.15, 0.2) is 6.10 Å². The molecule has 0 saturated carbocycles. The standard InChI is InChI=1S/C19H14N2O6/c22-16-15(27-14-6-5-10(19(25)26)9-13(14)20-16)7-8-21-17(23)11-3-1-2-4-12(11)18(21)24/h1-6,9,15H,7-8H2,(H,20,22)(H,25,26). The first kappa shape index (κ1) is 16.8. The number of hydrogen-bond acceptors (Lipinski definition) is 5. The highest BCUT2D eigenvalue weighted by Crippen LogP contribution is 2.32. The number of amides is 3. The number of imide groups is 1. The van der Waals surface area contributed by atoms with Crippen LogP contribution in [0.15, 0.2) is 42.5 Å². The van der Waals surface area contributed by atoms with Crippen LogP contribution in [0.25, 0.3) is 0 Å². The Bertz CT molecular complexity index is 964. The predicted molar refractivity (Wildman–Crippen MR) is 92.9 cm³/mol. The molecular weight excluding hydrogens is 352 g/mol. The first-order valence-corrected chi connectivity index (χ1v) is 8.26. The molecule has 2 aliphatic heterocycles. The topological polar surface area (TPSA) is 113 Å². The number of ether oxygens (including phenoxy) is 1. The van der Waals surface area contributed by atoms with E-state index in [2.05, 4.69) is 5.32 Å². The number of aromatic carboxylic acids is 1. The van der Waals surface area contributed by atoms with Gasteiger partial charge in [0.2, 0.25) is 0 Å². The van der Waals surface area contributed by atoms with Crippen molar-refractivity contribution in [3.8, 4) is 5.75 Å². The smallest absolute Gasteiger partial charge is 0.335 e. The van der Waals surface area contributed by atoms with Crippen LogP contribution in [0, 0.1) is 0 Å². The Morgan fingerprint density at radius 3 is 2.37 bits per heavy atom. The zero-order valence-electron chi connectivity index (χ0n) is 14.0. The number of benzene rings is 2. The molecule has 0 aliphatic carbocycles. The number of carbonyl (C=O) groups is 4. The summed E-state index contributed by atoms with van der Waals surface area (Å²) in [4.78, 5) is 49.1. The van der Waals surface area contributed by atoms with E-state index in [0.717, 1.165) is 4.90 Å². The molecule has 0 fully saturated rings. The molecule has 8 heteroatoms. The van der Waals surface area contributed by atoms with E-state index < -0.39 is 29.8 Å². The van der Waals surface area contributed by atoms with E-state index in [1.165, 1.54) is 18.2 Å². The number of fused-ring (bicyclic) bond motifs is 2. The maximum Gasteiger partial charge on any atom is 0.335 e. The molecule has 1 atom stereocenters. The summed E-state index contributed by atoms with van der Waals surface area (Å²) in [6, 6.07) is 10.7. The van der Waals surface area contributed by atoms with E-state index in [0.29, 0.717) is 16.9 Å². The van der Waals surface area contributed by atoms with Crippen molar-refractivity contribution in [2.75, 3.05) is 11.9 Å². The number of carboxylic acids is 1. The highest BCUT2D eigenvalue weighted by atomic mass is 16.5. The van der Waals surface area contributed by atoms with Crippen LogP contribution in [0.2, 0.25) is 0 Å². The van der Waals surface area contributed by atoms with Crippen LogP contribution in [0.5, 0.6) is 5.75 Å². The van der Waals surface area contributed by atoms with E-state index in [9.17, 15) is 19.2 Å². The number of rotatable bonds is 4. The van der Waals surface area contributed by atoms with Gasteiger partial charge in [-0.1, -0.05) is 12.1 Å². The van der Waals surface area contributed by atoms with Gasteiger partial charge in [-0.15, -0.1) is 0 Å². The fraction of sp³-hybridized carbons (Fsp3) is 0.158. The van der Waals surface area contributed by atoms with Crippen LogP contribution in [0.1, 0.15) is 37.5 Å². The van der Waals surface area contributed by atoms with E-state index in [-0.39, 0.29) is 24.2 Å². The van der Waals surface area contributed by atoms with Gasteiger partial charge >= 0.3 is 5.97 Å². The fourth-order valence-electron chi connectivity index (χ4n) is 3.16. The van der Waals surface area contributed by atoms with Gasteiger partial charge in [-0.3, -0.25) is 19.3 Å². The number of hydrogen-bond donors (Lipinski definition) is 2. The summed E-state index contributed by atoms with van der Waals surface area (Å²) in [7, 11) is 0. The van der Waals surface area contributed by atoms with Crippen LogP contribution in [0.3, 0.4) is 0 Å². The summed E-state index contributed by atoms with van der Waals surface area (Å²) in [6.07, 6.45) is -0.769. The van der Waals surface area contributed by atoms with E-state index in [4.69, 9.17) is 9.84 Å². The highest BCUT2D eigenvalue weighted by molar-refractivity contribution is 6.21. The van der Waals surface area contributed by atoms with E-state index in [1.54, 1.807) is 24.3 Å². The lowest BCUT2D eigenvalue weighted by Crippen LogP contribution is -2.41. The van der Waals surface area contributed by atoms with Crippen LogP contribution < -0.4 is 10.1 Å². The molecule has 0 radical (unpaired) electrons. The van der Waals surface area contributed by atoms with Crippen molar-refractivity contribution in [2.45, 2.75) is 12.5 Å². The van der Waals surface area contributed by atoms with Crippen molar-refractivity contribution < 1.29 is 29.0 Å². The Morgan fingerprint density at radius 2 is 1.74 bits per heavy atom. The Hall–Kier alpha value is -3.68. The minimum absolute atomic E-state index is 0.0297. The molecule has 1 unspecified atom stereocenters. The summed E-state index contributed by atoms with van der Waals surface area (Å²) in [5.74, 6) is -2.01. The molecule has 2 heterocycles. The highest BCUT2D eigenvalue weighted by Gasteiger charge is 2.36. The van der Waals surface area contributed by atoms with Gasteiger partial charge in [-0.2, -0.15) is 0 Å². The van der Waals surface area contributed by atoms with Gasteiger partial charge in [0.25, 0.3) is 17.7 Å². The third-order valence-electron chi connectivity index (χ3n) is 4.54. The van der Waals surface area contributed by atoms with Crippen LogP contribution in [0.4, 0.5) is 5.69 Å². The second kappa shape index (κ2) is 6.24. The molecule has 27 heavy (non-hydrogen) atoms. The van der Waals surface area contributed by atoms with Crippen molar-refractivity contribution in [1.82, 2.24) is 4.90 Å². The fourth-order valence-corrected chi connectivity index (χ4v) is 3.16. The van der Waals surface area contributed by atoms with E-state index in [1.807, 2.05) is 0 Å². The number of nitrogens with zero attached hydrogens (tertiary/aromatic N) is 1. The van der Waals surface area contributed by atoms with Crippen molar-refractivity contribution in [2.24, 2.45) is 0 Å². The molecule has 2 aromatic carbocycles. The quantitative estimate of drug-likeness (QED) is 0.798. The minimum Gasteiger partial charge on any atom is -0.478 e. The van der Waals surface area contributed by atoms with Gasteiger partial charge in [0.05, 0.1) is 22.4 Å². The van der Waals surface area contributed by atoms with Crippen molar-refractivity contribution in [1.29, 1.82) is 0 Å². The van der Waals surface area contributed by atoms with Gasteiger partial charge in [-0.25, -0.2) is 4.79 Å². The van der Waals surface area contributed by atoms with Gasteiger partial charge in [0.1, 0.15) is 5.75 Å². The van der Waals surface area contributed by atoms with Gasteiger partial charge in [0, 0.05) is 13.0 Å². The maximum atomic E-state index is 12.4. The predicted octanol–water partition coefficient (Wildman–Crippen LogP) is 1.77. The molecule has 4 rings (SSSR count). The van der Waals surface area contributed by atoms with Crippen LogP contribution >= 0.6 is 0 Å². The molecule has 2 aliphatic rings. The number of nitrogens with one attached hydrogen (secondary N) is 1. The zero-order valence-corrected chi connectivity index (χ0v) is 14.0. The summed E-state index contributed by atoms with van der Waals surface area (Å²) < 4.78 is 5.63. The molecule has 2 aromatic rings. The lowest BCUT2D eigenvalue weighted by atomic mass is 10.1. The van der Waals surface area contributed by atoms with Crippen molar-refractivity contribution in [3.63, 3.8) is 0 Å². The third kappa shape index (κ3) is 2.80. The molecule has 0 aromatic heterocycles. The first-order chi connectivity index (χ1) is 13.0. The summed E-state index contributed by atoms with van der Waals surface area (Å²) in [5.41, 5.74) is 1.00. The second-order valence-electron chi connectivity index (χ2n) is 6.21. The molecule has 8 nitrogen and oxygen atoms in total. The summed E-state index contributed by atoms with van der Waals surface area (Å²) in [6.45, 7) is 0.0347. The van der Waals surface area contributed by atoms with Crippen LogP contribution in [-0.4, -0.2) is 46.3 Å². The maximum absolute atomic E-state index is 12.4. The molecule has 3 amide bonds. The molecule has 136 valence electrons. The number of anilines is 1. The number of carboxylic acid groups (broad SMARTS) is 1. The lowest BCUT2D eigenvalue weighted by Gasteiger charge is -2.27. The van der Waals surface area contributed by atoms with Crippen LogP contribution in [-0.2, 0) is 4.79 Å². The Balaban J connectivity index is 1.47. The average Bonchev–Trinajstić information content (AvgIpc) is 2.90. The summed E-state index contributed by atoms with van der Waals surface area (Å²) in [5, 5.41) is 11.6. The molecule has 0 saturated heterocycles. The molecule has 2 N–H and O–H groups in total. The Labute approximate surface area is 153 Å². The summed E-state index contributed by atoms with van der Waals surface area (Å²) >= 11 is 0. The zero-order chi connectivity index (χ0) is 19.1. The first-order valence-electron chi connectivity index (χ1n) is 8.26. The van der Waals surface area contributed by atoms with Gasteiger partial charge in [-0.05, 0) is 30.3 Å². The van der Waals surface area contributed by atoms with Crippen molar-refractivity contribution in [3.05, 3.63) is 59.2 Å². The molecule has 0 spiro atoms. The Kier molecular flexibility index (Phi) is 3.88. The second-order valence-corrected chi connectivity index (χ2v) is 6.21. The Morgan fingerprint density at radius 1 is 1.07 bits per heavy atom. The third-order valence-corrected chi connectivity index (χ3v) is 4.54. The normalized spacial score (nSPS) is 17.9. The molecule has 0 bridgehead atoms. The number of carbonyl (C=O) groups excluding carboxylic acids is 3. The minimum atomic E-state index is -1.11. The van der Waals surface area contributed by atoms with Gasteiger partial charge < -0.3 is 15.2 Å². The monoisotopic (exact) mass is 366 g/mol. The largest absolute Gasteiger partial charge is 0.478 e. The lowest BCUT2D eigenvalue weighted by molar-refractivity contribution is -0.123. The van der Waals surface area contributed by atoms with E-state index >= 15 is 0 Å². The SMILES string of the molecule is O=C(O)c1ccc2c(c1)NC(=O)C(CCN1C(=O)c3ccccc3C1=O)O2. The average molecular weight is 366 g/mol. The van der Waals surface area contributed by atoms with Crippen molar-refractivity contribution >= 4 is 29.4 Å².